The smallest absolute Gasteiger partial charge is 0.335 e. The Morgan fingerprint density at radius 1 is 0.960 bits per heavy atom. The zero-order valence-corrected chi connectivity index (χ0v) is 15.7. The number of hydrogen-bond donors (Lipinski definition) is 2. The molecule has 0 bridgehead atoms. The minimum Gasteiger partial charge on any atom is -0.507 e. The fourth-order valence-electron chi connectivity index (χ4n) is 2.28. The molecule has 25 heavy (non-hydrogen) atoms. The number of rotatable bonds is 2. The molecular weight excluding hydrogens is 456 g/mol. The van der Waals surface area contributed by atoms with Crippen molar-refractivity contribution >= 4 is 61.5 Å². The number of phenolic OH excluding ortho intramolecular Hbond substituents is 1. The van der Waals surface area contributed by atoms with Gasteiger partial charge in [0.25, 0.3) is 11.8 Å². The number of amides is 4. The third-order valence-corrected chi connectivity index (χ3v) is 4.50. The summed E-state index contributed by atoms with van der Waals surface area (Å²) in [7, 11) is 0. The summed E-state index contributed by atoms with van der Waals surface area (Å²) in [5.74, 6) is -1.68. The van der Waals surface area contributed by atoms with Gasteiger partial charge in [-0.1, -0.05) is 31.9 Å². The van der Waals surface area contributed by atoms with Gasteiger partial charge >= 0.3 is 6.03 Å². The number of nitrogens with zero attached hydrogens (tertiary/aromatic N) is 1. The summed E-state index contributed by atoms with van der Waals surface area (Å²) in [6.45, 7) is 0. The Morgan fingerprint density at radius 3 is 2.28 bits per heavy atom. The van der Waals surface area contributed by atoms with E-state index in [0.717, 1.165) is 9.37 Å². The first-order valence-electron chi connectivity index (χ1n) is 7.02. The topological polar surface area (TPSA) is 86.7 Å². The Bertz CT molecular complexity index is 923. The van der Waals surface area contributed by atoms with E-state index in [1.165, 1.54) is 12.1 Å². The first-order valence-corrected chi connectivity index (χ1v) is 8.61. The maximum absolute atomic E-state index is 12.7. The summed E-state index contributed by atoms with van der Waals surface area (Å²) in [4.78, 5) is 37.8. The fraction of sp³-hybridized carbons (Fsp3) is 0. The van der Waals surface area contributed by atoms with E-state index in [0.29, 0.717) is 10.2 Å². The van der Waals surface area contributed by atoms with Crippen molar-refractivity contribution in [2.45, 2.75) is 0 Å². The lowest BCUT2D eigenvalue weighted by molar-refractivity contribution is -0.122. The number of carbonyl (C=O) groups is 3. The average molecular weight is 466 g/mol. The molecule has 6 nitrogen and oxygen atoms in total. The highest BCUT2D eigenvalue weighted by Gasteiger charge is 2.36. The Labute approximate surface area is 159 Å². The highest BCUT2D eigenvalue weighted by molar-refractivity contribution is 9.10. The van der Waals surface area contributed by atoms with Crippen LogP contribution in [0.5, 0.6) is 5.75 Å². The Hall–Kier alpha value is -2.45. The highest BCUT2D eigenvalue weighted by atomic mass is 79.9. The lowest BCUT2D eigenvalue weighted by atomic mass is 10.1. The van der Waals surface area contributed by atoms with Gasteiger partial charge in [-0.15, -0.1) is 0 Å². The van der Waals surface area contributed by atoms with Crippen molar-refractivity contribution in [3.63, 3.8) is 0 Å². The molecule has 0 unspecified atom stereocenters. The first-order chi connectivity index (χ1) is 11.9. The molecule has 1 aliphatic rings. The summed E-state index contributed by atoms with van der Waals surface area (Å²) in [6.07, 6.45) is 1.25. The number of urea groups is 1. The second-order valence-corrected chi connectivity index (χ2v) is 6.97. The molecule has 0 atom stereocenters. The van der Waals surface area contributed by atoms with Gasteiger partial charge in [-0.3, -0.25) is 14.9 Å². The quantitative estimate of drug-likeness (QED) is 0.524. The number of phenols is 1. The number of nitrogens with one attached hydrogen (secondary N) is 1. The zero-order chi connectivity index (χ0) is 18.1. The van der Waals surface area contributed by atoms with Crippen LogP contribution in [0.25, 0.3) is 6.08 Å². The van der Waals surface area contributed by atoms with Gasteiger partial charge in [-0.25, -0.2) is 9.69 Å². The molecule has 0 radical (unpaired) electrons. The van der Waals surface area contributed by atoms with E-state index >= 15 is 0 Å². The van der Waals surface area contributed by atoms with Crippen LogP contribution in [0.1, 0.15) is 5.56 Å². The lowest BCUT2D eigenvalue weighted by Gasteiger charge is -2.26. The molecule has 126 valence electrons. The van der Waals surface area contributed by atoms with Crippen LogP contribution in [0, 0.1) is 0 Å². The Kier molecular flexibility index (Phi) is 4.73. The second kappa shape index (κ2) is 6.81. The molecular formula is C17H10Br2N2O4. The van der Waals surface area contributed by atoms with Crippen molar-refractivity contribution in [3.05, 3.63) is 62.5 Å². The van der Waals surface area contributed by atoms with E-state index in [2.05, 4.69) is 37.2 Å². The van der Waals surface area contributed by atoms with Crippen LogP contribution in [-0.2, 0) is 9.59 Å². The van der Waals surface area contributed by atoms with Gasteiger partial charge in [0.2, 0.25) is 0 Å². The summed E-state index contributed by atoms with van der Waals surface area (Å²) < 4.78 is 1.45. The summed E-state index contributed by atoms with van der Waals surface area (Å²) in [5.41, 5.74) is 0.344. The molecule has 1 fully saturated rings. The van der Waals surface area contributed by atoms with E-state index in [4.69, 9.17) is 0 Å². The predicted molar refractivity (Wildman–Crippen MR) is 99.0 cm³/mol. The number of halogens is 2. The molecule has 0 saturated carbocycles. The third kappa shape index (κ3) is 3.49. The Morgan fingerprint density at radius 2 is 1.60 bits per heavy atom. The van der Waals surface area contributed by atoms with Crippen LogP contribution < -0.4 is 10.2 Å². The molecule has 2 aromatic carbocycles. The normalized spacial score (nSPS) is 16.3. The monoisotopic (exact) mass is 464 g/mol. The minimum absolute atomic E-state index is 0.0941. The molecule has 0 aromatic heterocycles. The molecule has 1 heterocycles. The van der Waals surface area contributed by atoms with Crippen molar-refractivity contribution in [3.8, 4) is 5.75 Å². The largest absolute Gasteiger partial charge is 0.507 e. The van der Waals surface area contributed by atoms with Gasteiger partial charge in [0, 0.05) is 14.5 Å². The molecule has 1 saturated heterocycles. The third-order valence-electron chi connectivity index (χ3n) is 3.48. The van der Waals surface area contributed by atoms with Crippen LogP contribution in [0.3, 0.4) is 0 Å². The molecule has 4 amide bonds. The average Bonchev–Trinajstić information content (AvgIpc) is 2.56. The van der Waals surface area contributed by atoms with Gasteiger partial charge in [-0.2, -0.15) is 0 Å². The van der Waals surface area contributed by atoms with Crippen LogP contribution in [0.4, 0.5) is 10.5 Å². The summed E-state index contributed by atoms with van der Waals surface area (Å²) in [5, 5.41) is 12.0. The van der Waals surface area contributed by atoms with Gasteiger partial charge in [-0.05, 0) is 48.5 Å². The number of carbonyl (C=O) groups excluding carboxylic acids is 3. The lowest BCUT2D eigenvalue weighted by Crippen LogP contribution is -2.54. The first kappa shape index (κ1) is 17.4. The van der Waals surface area contributed by atoms with Gasteiger partial charge in [0.05, 0.1) is 5.69 Å². The predicted octanol–water partition coefficient (Wildman–Crippen LogP) is 3.58. The number of aromatic hydroxyl groups is 1. The Balaban J connectivity index is 2.05. The molecule has 2 N–H and O–H groups in total. The van der Waals surface area contributed by atoms with Crippen LogP contribution in [0.15, 0.2) is 57.0 Å². The van der Waals surface area contributed by atoms with Crippen molar-refractivity contribution in [1.29, 1.82) is 0 Å². The maximum Gasteiger partial charge on any atom is 0.335 e. The summed E-state index contributed by atoms with van der Waals surface area (Å²) in [6, 6.07) is 10.3. The standard InChI is InChI=1S/C17H10Br2N2O4/c18-10-1-4-12(5-2-10)21-16(24)13(15(23)20-17(21)25)8-9-7-11(19)3-6-14(9)22/h1-8,22H,(H,20,23,25)/b13-8+. The van der Waals surface area contributed by atoms with Crippen molar-refractivity contribution in [2.75, 3.05) is 4.90 Å². The van der Waals surface area contributed by atoms with E-state index in [1.807, 2.05) is 0 Å². The molecule has 3 rings (SSSR count). The van der Waals surface area contributed by atoms with Crippen molar-refractivity contribution < 1.29 is 19.5 Å². The number of barbiturate groups is 1. The van der Waals surface area contributed by atoms with Crippen LogP contribution in [-0.4, -0.2) is 23.0 Å². The van der Waals surface area contributed by atoms with E-state index in [1.54, 1.807) is 36.4 Å². The number of benzene rings is 2. The highest BCUT2D eigenvalue weighted by Crippen LogP contribution is 2.27. The van der Waals surface area contributed by atoms with E-state index in [9.17, 15) is 19.5 Å². The molecule has 1 aliphatic heterocycles. The van der Waals surface area contributed by atoms with Gasteiger partial charge < -0.3 is 5.11 Å². The summed E-state index contributed by atoms with van der Waals surface area (Å²) >= 11 is 6.54. The fourth-order valence-corrected chi connectivity index (χ4v) is 2.92. The van der Waals surface area contributed by atoms with Crippen LogP contribution >= 0.6 is 31.9 Å². The van der Waals surface area contributed by atoms with Crippen LogP contribution in [0.2, 0.25) is 0 Å². The number of imide groups is 2. The SMILES string of the molecule is O=C1NC(=O)N(c2ccc(Br)cc2)C(=O)/C1=C/c1cc(Br)ccc1O. The molecule has 8 heteroatoms. The number of hydrogen-bond acceptors (Lipinski definition) is 4. The van der Waals surface area contributed by atoms with E-state index in [-0.39, 0.29) is 16.9 Å². The molecule has 0 aliphatic carbocycles. The van der Waals surface area contributed by atoms with Gasteiger partial charge in [0.15, 0.2) is 0 Å². The minimum atomic E-state index is -0.826. The van der Waals surface area contributed by atoms with Crippen molar-refractivity contribution in [2.24, 2.45) is 0 Å². The van der Waals surface area contributed by atoms with E-state index < -0.39 is 17.8 Å². The zero-order valence-electron chi connectivity index (χ0n) is 12.5. The second-order valence-electron chi connectivity index (χ2n) is 5.14. The van der Waals surface area contributed by atoms with Gasteiger partial charge in [0.1, 0.15) is 11.3 Å². The molecule has 0 spiro atoms. The number of anilines is 1. The maximum atomic E-state index is 12.7. The van der Waals surface area contributed by atoms with Crippen molar-refractivity contribution in [1.82, 2.24) is 5.32 Å². The molecule has 2 aromatic rings.